The molecule has 0 aliphatic heterocycles. The van der Waals surface area contributed by atoms with Crippen molar-refractivity contribution in [2.24, 2.45) is 0 Å². The fourth-order valence-corrected chi connectivity index (χ4v) is 2.18. The van der Waals surface area contributed by atoms with E-state index < -0.39 is 0 Å². The highest BCUT2D eigenvalue weighted by molar-refractivity contribution is 9.10. The number of aliphatic hydroxyl groups is 1. The van der Waals surface area contributed by atoms with Crippen molar-refractivity contribution in [3.8, 4) is 0 Å². The van der Waals surface area contributed by atoms with E-state index in [1.54, 1.807) is 12.4 Å². The number of nitrogens with one attached hydrogen (secondary N) is 1. The Kier molecular flexibility index (Phi) is 4.49. The lowest BCUT2D eigenvalue weighted by atomic mass is 10.1. The lowest BCUT2D eigenvalue weighted by Crippen LogP contribution is -2.16. The molecule has 0 aromatic carbocycles. The number of nitrogens with zero attached hydrogens (tertiary/aromatic N) is 2. The molecule has 4 nitrogen and oxygen atoms in total. The van der Waals surface area contributed by atoms with E-state index in [9.17, 15) is 0 Å². The Morgan fingerprint density at radius 3 is 3.06 bits per heavy atom. The summed E-state index contributed by atoms with van der Waals surface area (Å²) >= 11 is 3.39. The topological polar surface area (TPSA) is 58.0 Å². The molecule has 0 fully saturated rings. The number of rotatable bonds is 5. The quantitative estimate of drug-likeness (QED) is 0.891. The largest absolute Gasteiger partial charge is 0.396 e. The molecule has 2 rings (SSSR count). The maximum Gasteiger partial charge on any atom is 0.112 e. The van der Waals surface area contributed by atoms with Crippen molar-refractivity contribution in [3.05, 3.63) is 29.0 Å². The maximum atomic E-state index is 8.83. The summed E-state index contributed by atoms with van der Waals surface area (Å²) in [6, 6.07) is 4.18. The van der Waals surface area contributed by atoms with Gasteiger partial charge < -0.3 is 10.4 Å². The molecule has 0 spiro atoms. The molecule has 0 aliphatic carbocycles. The van der Waals surface area contributed by atoms with E-state index in [4.69, 9.17) is 5.11 Å². The number of fused-ring (bicyclic) bond motifs is 1. The number of hydrogen-bond donors (Lipinski definition) is 2. The standard InChI is InChI=1S/C13H16BrN3O/c1-9(3-2-6-18)17-11-4-5-15-12-7-10(14)8-16-13(11)12/h4-5,7-9,18H,2-3,6H2,1H3,(H,15,17). The van der Waals surface area contributed by atoms with Crippen molar-refractivity contribution < 1.29 is 5.11 Å². The summed E-state index contributed by atoms with van der Waals surface area (Å²) in [5, 5.41) is 12.2. The van der Waals surface area contributed by atoms with E-state index in [0.717, 1.165) is 34.0 Å². The van der Waals surface area contributed by atoms with Gasteiger partial charge in [-0.15, -0.1) is 0 Å². The minimum absolute atomic E-state index is 0.230. The molecule has 5 heteroatoms. The predicted octanol–water partition coefficient (Wildman–Crippen LogP) is 2.97. The Balaban J connectivity index is 2.22. The average Bonchev–Trinajstić information content (AvgIpc) is 2.36. The third-order valence-electron chi connectivity index (χ3n) is 2.74. The van der Waals surface area contributed by atoms with Crippen molar-refractivity contribution in [1.29, 1.82) is 0 Å². The molecule has 0 aliphatic rings. The number of aromatic nitrogens is 2. The van der Waals surface area contributed by atoms with E-state index in [1.165, 1.54) is 0 Å². The third kappa shape index (κ3) is 3.17. The Bertz CT molecular complexity index is 533. The van der Waals surface area contributed by atoms with Gasteiger partial charge in [-0.2, -0.15) is 0 Å². The number of pyridine rings is 2. The Labute approximate surface area is 115 Å². The number of halogens is 1. The Morgan fingerprint density at radius 1 is 1.44 bits per heavy atom. The molecule has 2 heterocycles. The van der Waals surface area contributed by atoms with Crippen molar-refractivity contribution in [1.82, 2.24) is 9.97 Å². The van der Waals surface area contributed by atoms with Gasteiger partial charge in [0.25, 0.3) is 0 Å². The monoisotopic (exact) mass is 309 g/mol. The smallest absolute Gasteiger partial charge is 0.112 e. The Hall–Kier alpha value is -1.20. The van der Waals surface area contributed by atoms with Gasteiger partial charge in [-0.1, -0.05) is 0 Å². The van der Waals surface area contributed by atoms with Crippen molar-refractivity contribution in [2.45, 2.75) is 25.8 Å². The minimum Gasteiger partial charge on any atom is -0.396 e. The third-order valence-corrected chi connectivity index (χ3v) is 3.17. The van der Waals surface area contributed by atoms with E-state index in [-0.39, 0.29) is 6.61 Å². The molecule has 1 atom stereocenters. The molecule has 2 N–H and O–H groups in total. The van der Waals surface area contributed by atoms with Crippen LogP contribution in [0.4, 0.5) is 5.69 Å². The summed E-state index contributed by atoms with van der Waals surface area (Å²) in [6.45, 7) is 2.33. The molecule has 1 unspecified atom stereocenters. The number of aliphatic hydroxyl groups excluding tert-OH is 1. The molecule has 0 radical (unpaired) electrons. The molecule has 0 amide bonds. The van der Waals surface area contributed by atoms with E-state index in [0.29, 0.717) is 6.04 Å². The van der Waals surface area contributed by atoms with Gasteiger partial charge in [0.2, 0.25) is 0 Å². The zero-order valence-corrected chi connectivity index (χ0v) is 11.8. The molecule has 18 heavy (non-hydrogen) atoms. The molecule has 96 valence electrons. The summed E-state index contributed by atoms with van der Waals surface area (Å²) in [5.41, 5.74) is 2.72. The molecular formula is C13H16BrN3O. The fourth-order valence-electron chi connectivity index (χ4n) is 1.86. The van der Waals surface area contributed by atoms with Crippen molar-refractivity contribution in [3.63, 3.8) is 0 Å². The van der Waals surface area contributed by atoms with Gasteiger partial charge in [0, 0.05) is 29.5 Å². The molecule has 0 bridgehead atoms. The molecule has 0 saturated carbocycles. The van der Waals surface area contributed by atoms with Crippen LogP contribution in [0.5, 0.6) is 0 Å². The van der Waals surface area contributed by atoms with Crippen LogP contribution >= 0.6 is 15.9 Å². The first-order valence-electron chi connectivity index (χ1n) is 5.98. The van der Waals surface area contributed by atoms with Gasteiger partial charge >= 0.3 is 0 Å². The van der Waals surface area contributed by atoms with E-state index in [2.05, 4.69) is 38.1 Å². The lowest BCUT2D eigenvalue weighted by Gasteiger charge is -2.15. The van der Waals surface area contributed by atoms with Crippen LogP contribution in [0.3, 0.4) is 0 Å². The van der Waals surface area contributed by atoms with Gasteiger partial charge in [-0.3, -0.25) is 9.97 Å². The first-order valence-corrected chi connectivity index (χ1v) is 6.77. The molecular weight excluding hydrogens is 294 g/mol. The normalized spacial score (nSPS) is 12.6. The Morgan fingerprint density at radius 2 is 2.28 bits per heavy atom. The van der Waals surface area contributed by atoms with Crippen LogP contribution in [0.2, 0.25) is 0 Å². The van der Waals surface area contributed by atoms with Crippen LogP contribution in [0.25, 0.3) is 11.0 Å². The zero-order chi connectivity index (χ0) is 13.0. The molecule has 2 aromatic rings. The first-order chi connectivity index (χ1) is 8.70. The number of hydrogen-bond acceptors (Lipinski definition) is 4. The summed E-state index contributed by atoms with van der Waals surface area (Å²) in [6.07, 6.45) is 5.28. The van der Waals surface area contributed by atoms with Crippen molar-refractivity contribution >= 4 is 32.7 Å². The number of anilines is 1. The van der Waals surface area contributed by atoms with E-state index >= 15 is 0 Å². The van der Waals surface area contributed by atoms with Gasteiger partial charge in [-0.05, 0) is 47.8 Å². The second kappa shape index (κ2) is 6.11. The zero-order valence-electron chi connectivity index (χ0n) is 10.2. The van der Waals surface area contributed by atoms with Crippen LogP contribution in [0.15, 0.2) is 29.0 Å². The highest BCUT2D eigenvalue weighted by atomic mass is 79.9. The summed E-state index contributed by atoms with van der Waals surface area (Å²) in [4.78, 5) is 8.69. The maximum absolute atomic E-state index is 8.83. The van der Waals surface area contributed by atoms with Crippen LogP contribution in [-0.2, 0) is 0 Å². The van der Waals surface area contributed by atoms with Gasteiger partial charge in [0.15, 0.2) is 0 Å². The SMILES string of the molecule is CC(CCCO)Nc1ccnc2cc(Br)cnc12. The molecule has 2 aromatic heterocycles. The second-order valence-electron chi connectivity index (χ2n) is 4.29. The highest BCUT2D eigenvalue weighted by Crippen LogP contribution is 2.23. The van der Waals surface area contributed by atoms with Gasteiger partial charge in [0.05, 0.1) is 11.2 Å². The second-order valence-corrected chi connectivity index (χ2v) is 5.21. The van der Waals surface area contributed by atoms with Crippen LogP contribution in [-0.4, -0.2) is 27.7 Å². The van der Waals surface area contributed by atoms with Crippen LogP contribution in [0.1, 0.15) is 19.8 Å². The lowest BCUT2D eigenvalue weighted by molar-refractivity contribution is 0.282. The first kappa shape index (κ1) is 13.2. The van der Waals surface area contributed by atoms with Crippen LogP contribution < -0.4 is 5.32 Å². The summed E-state index contributed by atoms with van der Waals surface area (Å²) in [5.74, 6) is 0. The average molecular weight is 310 g/mol. The van der Waals surface area contributed by atoms with Crippen molar-refractivity contribution in [2.75, 3.05) is 11.9 Å². The van der Waals surface area contributed by atoms with E-state index in [1.807, 2.05) is 12.1 Å². The van der Waals surface area contributed by atoms with Gasteiger partial charge in [-0.25, -0.2) is 0 Å². The predicted molar refractivity (Wildman–Crippen MR) is 76.6 cm³/mol. The molecule has 0 saturated heterocycles. The van der Waals surface area contributed by atoms with Crippen LogP contribution in [0, 0.1) is 0 Å². The van der Waals surface area contributed by atoms with Gasteiger partial charge in [0.1, 0.15) is 5.52 Å². The highest BCUT2D eigenvalue weighted by Gasteiger charge is 2.07. The minimum atomic E-state index is 0.230. The summed E-state index contributed by atoms with van der Waals surface area (Å²) < 4.78 is 0.924. The fraction of sp³-hybridized carbons (Fsp3) is 0.385. The summed E-state index contributed by atoms with van der Waals surface area (Å²) in [7, 11) is 0.